The monoisotopic (exact) mass is 242 g/mol. The fourth-order valence-electron chi connectivity index (χ4n) is 4.13. The fourth-order valence-corrected chi connectivity index (χ4v) is 4.13. The maximum Gasteiger partial charge on any atom is 0.681 e. The summed E-state index contributed by atoms with van der Waals surface area (Å²) in [6, 6.07) is 0. The van der Waals surface area contributed by atoms with E-state index in [1.54, 1.807) is 0 Å². The van der Waals surface area contributed by atoms with E-state index in [4.69, 9.17) is 9.31 Å². The molecule has 0 radical (unpaired) electrons. The minimum atomic E-state index is -1.53. The molecule has 0 N–H and O–H groups in total. The molecule has 4 fully saturated rings. The summed E-state index contributed by atoms with van der Waals surface area (Å²) < 4.78 is 24.1. The highest BCUT2D eigenvalue weighted by Crippen LogP contribution is 2.69. The van der Waals surface area contributed by atoms with E-state index in [1.807, 2.05) is 27.7 Å². The molecule has 0 amide bonds. The van der Waals surface area contributed by atoms with Gasteiger partial charge in [0.25, 0.3) is 0 Å². The van der Waals surface area contributed by atoms with Crippen molar-refractivity contribution in [2.75, 3.05) is 0 Å². The third kappa shape index (κ3) is 1.46. The van der Waals surface area contributed by atoms with E-state index < -0.39 is 18.6 Å². The molecule has 1 heterocycles. The molecule has 3 saturated carbocycles. The molecule has 0 aromatic heterocycles. The predicted molar refractivity (Wildman–Crippen MR) is 67.2 cm³/mol. The Morgan fingerprint density at radius 1 is 1.12 bits per heavy atom. The summed E-state index contributed by atoms with van der Waals surface area (Å²) >= 11 is 0. The van der Waals surface area contributed by atoms with Crippen molar-refractivity contribution in [3.8, 4) is 0 Å². The summed E-state index contributed by atoms with van der Waals surface area (Å²) in [6.07, 6.45) is 2.09. The van der Waals surface area contributed by atoms with Crippen LogP contribution in [0.4, 0.5) is 4.32 Å². The second-order valence-electron chi connectivity index (χ2n) is 6.36. The van der Waals surface area contributed by atoms with Crippen LogP contribution in [0.3, 0.4) is 0 Å². The smallest absolute Gasteiger partial charge is 0.374 e. The maximum absolute atomic E-state index is 13.3. The van der Waals surface area contributed by atoms with Crippen molar-refractivity contribution >= 4 is 7.40 Å². The van der Waals surface area contributed by atoms with Gasteiger partial charge in [-0.2, -0.15) is 0 Å². The Balaban J connectivity index is 0.000000514. The first-order valence-electron chi connectivity index (χ1n) is 6.79. The lowest BCUT2D eigenvalue weighted by molar-refractivity contribution is -0.235. The van der Waals surface area contributed by atoms with Gasteiger partial charge in [0.2, 0.25) is 0 Å². The van der Waals surface area contributed by atoms with Gasteiger partial charge in [-0.15, -0.1) is 0 Å². The molecule has 17 heavy (non-hydrogen) atoms. The minimum absolute atomic E-state index is 0.279. The summed E-state index contributed by atoms with van der Waals surface area (Å²) in [5.74, 6) is 1.09. The molecule has 2 unspecified atom stereocenters. The Labute approximate surface area is 104 Å². The Bertz CT molecular complexity index is 323. The van der Waals surface area contributed by atoms with Crippen LogP contribution < -0.4 is 0 Å². The summed E-state index contributed by atoms with van der Waals surface area (Å²) in [5, 5.41) is 0. The van der Waals surface area contributed by atoms with Gasteiger partial charge < -0.3 is 9.31 Å². The van der Waals surface area contributed by atoms with Crippen molar-refractivity contribution in [3.63, 3.8) is 0 Å². The van der Waals surface area contributed by atoms with Crippen molar-refractivity contribution in [2.24, 2.45) is 17.3 Å². The Kier molecular flexibility index (Phi) is 2.91. The Morgan fingerprint density at radius 2 is 1.71 bits per heavy atom. The topological polar surface area (TPSA) is 18.5 Å². The van der Waals surface area contributed by atoms with Crippen LogP contribution in [-0.2, 0) is 9.31 Å². The van der Waals surface area contributed by atoms with Crippen LogP contribution in [0, 0.1) is 17.3 Å². The second-order valence-corrected chi connectivity index (χ2v) is 6.36. The molecule has 3 aliphatic carbocycles. The summed E-state index contributed by atoms with van der Waals surface area (Å²) in [7, 11) is -1.53. The first-order chi connectivity index (χ1) is 7.80. The van der Waals surface area contributed by atoms with Crippen molar-refractivity contribution in [3.05, 3.63) is 0 Å². The van der Waals surface area contributed by atoms with Crippen LogP contribution >= 0.6 is 0 Å². The van der Waals surface area contributed by atoms with Crippen LogP contribution in [0.5, 0.6) is 0 Å². The summed E-state index contributed by atoms with van der Waals surface area (Å²) in [5.41, 5.74) is -0.581. The zero-order valence-electron chi connectivity index (χ0n) is 11.8. The Hall–Kier alpha value is -0.0851. The van der Waals surface area contributed by atoms with E-state index in [-0.39, 0.29) is 5.41 Å². The number of halogens is 1. The number of rotatable bonds is 0. The highest BCUT2D eigenvalue weighted by Gasteiger charge is 2.73. The molecule has 4 heteroatoms. The van der Waals surface area contributed by atoms with E-state index in [0.717, 1.165) is 12.8 Å². The summed E-state index contributed by atoms with van der Waals surface area (Å²) in [4.78, 5) is 0. The quantitative estimate of drug-likeness (QED) is 0.604. The average Bonchev–Trinajstić information content (AvgIpc) is 2.49. The molecule has 4 rings (SSSR count). The first kappa shape index (κ1) is 13.3. The van der Waals surface area contributed by atoms with Crippen LogP contribution in [0.25, 0.3) is 0 Å². The first-order valence-corrected chi connectivity index (χ1v) is 6.79. The van der Waals surface area contributed by atoms with Gasteiger partial charge in [0.05, 0.1) is 11.2 Å². The fraction of sp³-hybridized carbons (Fsp3) is 1.00. The van der Waals surface area contributed by atoms with E-state index in [2.05, 4.69) is 13.8 Å². The molecular formula is C13H24BFO2. The molecule has 2 nitrogen and oxygen atoms in total. The Morgan fingerprint density at radius 3 is 2.24 bits per heavy atom. The van der Waals surface area contributed by atoms with E-state index in [9.17, 15) is 4.32 Å². The minimum Gasteiger partial charge on any atom is -0.374 e. The largest absolute Gasteiger partial charge is 0.681 e. The molecule has 0 aromatic rings. The third-order valence-corrected chi connectivity index (χ3v) is 5.51. The van der Waals surface area contributed by atoms with Crippen LogP contribution in [0.2, 0.25) is 0 Å². The molecule has 4 aliphatic rings. The van der Waals surface area contributed by atoms with E-state index in [1.165, 1.54) is 0 Å². The molecule has 2 bridgehead atoms. The van der Waals surface area contributed by atoms with Crippen LogP contribution in [-0.4, -0.2) is 18.6 Å². The van der Waals surface area contributed by atoms with Crippen LogP contribution in [0.1, 0.15) is 54.4 Å². The highest BCUT2D eigenvalue weighted by atomic mass is 19.1. The van der Waals surface area contributed by atoms with Crippen molar-refractivity contribution < 1.29 is 13.6 Å². The maximum atomic E-state index is 13.3. The van der Waals surface area contributed by atoms with Crippen molar-refractivity contribution in [1.82, 2.24) is 0 Å². The van der Waals surface area contributed by atoms with Gasteiger partial charge in [-0.1, -0.05) is 27.7 Å². The average molecular weight is 242 g/mol. The van der Waals surface area contributed by atoms with Gasteiger partial charge in [-0.3, -0.25) is 4.32 Å². The molecule has 0 spiro atoms. The van der Waals surface area contributed by atoms with Gasteiger partial charge in [-0.05, 0) is 43.9 Å². The standard InChI is InChI=1S/C11H18BFO2.C2H6/c1-9(2)7-5-8(9)11(4)10(3,6-7)14-12(13)15-11;1-2/h7-8H,5-6H2,1-4H3;1-2H3/t7?,8?,10-,11+;/m1./s1. The molecule has 98 valence electrons. The molecule has 1 saturated heterocycles. The van der Waals surface area contributed by atoms with Crippen molar-refractivity contribution in [1.29, 1.82) is 0 Å². The second kappa shape index (κ2) is 3.70. The lowest BCUT2D eigenvalue weighted by atomic mass is 9.41. The van der Waals surface area contributed by atoms with E-state index in [0.29, 0.717) is 11.8 Å². The normalized spacial score (nSPS) is 49.9. The molecule has 4 atom stereocenters. The molecule has 0 aromatic carbocycles. The van der Waals surface area contributed by atoms with Gasteiger partial charge in [0.15, 0.2) is 0 Å². The van der Waals surface area contributed by atoms with Gasteiger partial charge in [0.1, 0.15) is 0 Å². The summed E-state index contributed by atoms with van der Waals surface area (Å²) in [6.45, 7) is 12.6. The number of hydrogen-bond acceptors (Lipinski definition) is 2. The van der Waals surface area contributed by atoms with E-state index >= 15 is 0 Å². The highest BCUT2D eigenvalue weighted by molar-refractivity contribution is 6.36. The van der Waals surface area contributed by atoms with Gasteiger partial charge >= 0.3 is 7.40 Å². The van der Waals surface area contributed by atoms with Gasteiger partial charge in [0, 0.05) is 0 Å². The zero-order valence-corrected chi connectivity index (χ0v) is 11.8. The van der Waals surface area contributed by atoms with Gasteiger partial charge in [-0.25, -0.2) is 0 Å². The molecular weight excluding hydrogens is 218 g/mol. The zero-order chi connectivity index (χ0) is 13.1. The lowest BCUT2D eigenvalue weighted by Gasteiger charge is -2.67. The lowest BCUT2D eigenvalue weighted by Crippen LogP contribution is -2.70. The third-order valence-electron chi connectivity index (χ3n) is 5.51. The molecule has 1 aliphatic heterocycles. The van der Waals surface area contributed by atoms with Crippen LogP contribution in [0.15, 0.2) is 0 Å². The SMILES string of the molecule is CC.CC1(C)C2CC1[C@]1(C)OB(F)O[C@]1(C)C2. The number of hydrogen-bond donors (Lipinski definition) is 0. The predicted octanol–water partition coefficient (Wildman–Crippen LogP) is 3.60. The van der Waals surface area contributed by atoms with Crippen molar-refractivity contribution in [2.45, 2.75) is 65.6 Å².